The molecular formula is C11H11N3O4. The van der Waals surface area contributed by atoms with Crippen molar-refractivity contribution in [1.29, 1.82) is 0 Å². The number of hydrogen-bond acceptors (Lipinski definition) is 5. The molecule has 2 N–H and O–H groups in total. The van der Waals surface area contributed by atoms with Gasteiger partial charge in [-0.1, -0.05) is 6.07 Å². The van der Waals surface area contributed by atoms with Gasteiger partial charge in [0.15, 0.2) is 0 Å². The molecule has 1 rings (SSSR count). The van der Waals surface area contributed by atoms with Gasteiger partial charge in [-0.25, -0.2) is 4.98 Å². The molecule has 7 heteroatoms. The molecule has 7 nitrogen and oxygen atoms in total. The molecule has 4 amide bonds. The number of aromatic nitrogens is 1. The zero-order chi connectivity index (χ0) is 13.7. The summed E-state index contributed by atoms with van der Waals surface area (Å²) in [6.07, 6.45) is 0. The van der Waals surface area contributed by atoms with E-state index in [1.807, 2.05) is 10.6 Å². The summed E-state index contributed by atoms with van der Waals surface area (Å²) in [7, 11) is 0. The van der Waals surface area contributed by atoms with E-state index in [0.29, 0.717) is 0 Å². The smallest absolute Gasteiger partial charge is 0.276 e. The fourth-order valence-electron chi connectivity index (χ4n) is 1.14. The van der Waals surface area contributed by atoms with Crippen molar-refractivity contribution in [3.8, 4) is 0 Å². The number of carbonyl (C=O) groups excluding carboxylic acids is 4. The van der Waals surface area contributed by atoms with E-state index < -0.39 is 23.6 Å². The fraction of sp³-hybridized carbons (Fsp3) is 0.182. The molecule has 18 heavy (non-hydrogen) atoms. The van der Waals surface area contributed by atoms with Crippen molar-refractivity contribution in [3.05, 3.63) is 29.6 Å². The van der Waals surface area contributed by atoms with E-state index in [9.17, 15) is 19.2 Å². The summed E-state index contributed by atoms with van der Waals surface area (Å²) in [5.41, 5.74) is -0.164. The second kappa shape index (κ2) is 5.67. The first-order chi connectivity index (χ1) is 8.40. The number of imide groups is 2. The van der Waals surface area contributed by atoms with Crippen LogP contribution in [0.3, 0.4) is 0 Å². The summed E-state index contributed by atoms with van der Waals surface area (Å²) in [6.45, 7) is 2.37. The summed E-state index contributed by atoms with van der Waals surface area (Å²) < 4.78 is 0. The van der Waals surface area contributed by atoms with Gasteiger partial charge in [-0.05, 0) is 12.1 Å². The van der Waals surface area contributed by atoms with Gasteiger partial charge in [0, 0.05) is 13.8 Å². The highest BCUT2D eigenvalue weighted by atomic mass is 16.2. The molecule has 0 saturated carbocycles. The van der Waals surface area contributed by atoms with Gasteiger partial charge in [-0.15, -0.1) is 0 Å². The van der Waals surface area contributed by atoms with E-state index in [-0.39, 0.29) is 11.4 Å². The van der Waals surface area contributed by atoms with Crippen LogP contribution in [0.4, 0.5) is 0 Å². The van der Waals surface area contributed by atoms with Crippen molar-refractivity contribution >= 4 is 23.6 Å². The van der Waals surface area contributed by atoms with Crippen molar-refractivity contribution < 1.29 is 19.2 Å². The molecule has 1 aromatic rings. The predicted octanol–water partition coefficient (Wildman–Crippen LogP) is -0.366. The van der Waals surface area contributed by atoms with Gasteiger partial charge in [0.2, 0.25) is 11.8 Å². The first kappa shape index (κ1) is 13.5. The number of nitrogens with zero attached hydrogens (tertiary/aromatic N) is 1. The summed E-state index contributed by atoms with van der Waals surface area (Å²) in [5.74, 6) is -2.47. The van der Waals surface area contributed by atoms with Gasteiger partial charge >= 0.3 is 0 Å². The summed E-state index contributed by atoms with van der Waals surface area (Å²) >= 11 is 0. The zero-order valence-electron chi connectivity index (χ0n) is 9.81. The lowest BCUT2D eigenvalue weighted by Gasteiger charge is -2.03. The third kappa shape index (κ3) is 3.78. The van der Waals surface area contributed by atoms with Gasteiger partial charge in [-0.2, -0.15) is 0 Å². The molecular weight excluding hydrogens is 238 g/mol. The van der Waals surface area contributed by atoms with Gasteiger partial charge in [0.1, 0.15) is 11.4 Å². The number of carbonyl (C=O) groups is 4. The van der Waals surface area contributed by atoms with Crippen LogP contribution in [-0.4, -0.2) is 28.6 Å². The van der Waals surface area contributed by atoms with E-state index >= 15 is 0 Å². The maximum absolute atomic E-state index is 11.5. The molecule has 1 aromatic heterocycles. The Kier molecular flexibility index (Phi) is 4.25. The molecule has 0 aliphatic rings. The third-order valence-corrected chi connectivity index (χ3v) is 1.79. The lowest BCUT2D eigenvalue weighted by molar-refractivity contribution is -0.119. The molecule has 0 spiro atoms. The lowest BCUT2D eigenvalue weighted by Crippen LogP contribution is -2.31. The zero-order valence-corrected chi connectivity index (χ0v) is 9.81. The van der Waals surface area contributed by atoms with Gasteiger partial charge in [0.25, 0.3) is 11.8 Å². The van der Waals surface area contributed by atoms with E-state index in [0.717, 1.165) is 0 Å². The van der Waals surface area contributed by atoms with Crippen LogP contribution in [0.5, 0.6) is 0 Å². The van der Waals surface area contributed by atoms with Crippen molar-refractivity contribution in [2.45, 2.75) is 13.8 Å². The molecule has 0 radical (unpaired) electrons. The fourth-order valence-corrected chi connectivity index (χ4v) is 1.14. The molecule has 94 valence electrons. The van der Waals surface area contributed by atoms with Crippen LogP contribution in [0, 0.1) is 0 Å². The normalized spacial score (nSPS) is 9.44. The SMILES string of the molecule is CC(=O)NC(=O)c1cccc(C(=O)NC(C)=O)n1. The Hall–Kier alpha value is -2.57. The molecule has 0 unspecified atom stereocenters. The average Bonchev–Trinajstić information content (AvgIpc) is 2.27. The second-order valence-corrected chi connectivity index (χ2v) is 3.43. The maximum Gasteiger partial charge on any atom is 0.276 e. The topological polar surface area (TPSA) is 105 Å². The van der Waals surface area contributed by atoms with Gasteiger partial charge < -0.3 is 0 Å². The van der Waals surface area contributed by atoms with Crippen LogP contribution in [0.2, 0.25) is 0 Å². The minimum absolute atomic E-state index is 0.0820. The Bertz CT molecular complexity index is 482. The first-order valence-electron chi connectivity index (χ1n) is 5.01. The lowest BCUT2D eigenvalue weighted by atomic mass is 10.2. The number of rotatable bonds is 2. The Morgan fingerprint density at radius 3 is 1.61 bits per heavy atom. The molecule has 0 aliphatic heterocycles. The molecule has 0 atom stereocenters. The Balaban J connectivity index is 2.92. The Morgan fingerprint density at radius 1 is 0.889 bits per heavy atom. The summed E-state index contributed by atoms with van der Waals surface area (Å²) in [4.78, 5) is 48.1. The number of nitrogens with one attached hydrogen (secondary N) is 2. The van der Waals surface area contributed by atoms with E-state index in [1.165, 1.54) is 32.0 Å². The predicted molar refractivity (Wildman–Crippen MR) is 60.5 cm³/mol. The van der Waals surface area contributed by atoms with Gasteiger partial charge in [-0.3, -0.25) is 29.8 Å². The Labute approximate surface area is 103 Å². The first-order valence-corrected chi connectivity index (χ1v) is 5.01. The van der Waals surface area contributed by atoms with Crippen molar-refractivity contribution in [2.24, 2.45) is 0 Å². The Morgan fingerprint density at radius 2 is 1.28 bits per heavy atom. The largest absolute Gasteiger partial charge is 0.291 e. The van der Waals surface area contributed by atoms with E-state index in [2.05, 4.69) is 4.98 Å². The highest BCUT2D eigenvalue weighted by Gasteiger charge is 2.13. The van der Waals surface area contributed by atoms with Crippen molar-refractivity contribution in [3.63, 3.8) is 0 Å². The minimum atomic E-state index is -0.708. The third-order valence-electron chi connectivity index (χ3n) is 1.79. The van der Waals surface area contributed by atoms with E-state index in [1.54, 1.807) is 0 Å². The minimum Gasteiger partial charge on any atom is -0.291 e. The molecule has 1 heterocycles. The highest BCUT2D eigenvalue weighted by Crippen LogP contribution is 1.99. The highest BCUT2D eigenvalue weighted by molar-refractivity contribution is 6.05. The molecule has 0 bridgehead atoms. The number of hydrogen-bond donors (Lipinski definition) is 2. The van der Waals surface area contributed by atoms with Crippen LogP contribution in [0.25, 0.3) is 0 Å². The van der Waals surface area contributed by atoms with Crippen LogP contribution in [0.15, 0.2) is 18.2 Å². The van der Waals surface area contributed by atoms with E-state index in [4.69, 9.17) is 0 Å². The van der Waals surface area contributed by atoms with Crippen LogP contribution < -0.4 is 10.6 Å². The number of amides is 4. The summed E-state index contributed by atoms with van der Waals surface area (Å²) in [6, 6.07) is 4.13. The second-order valence-electron chi connectivity index (χ2n) is 3.43. The molecule has 0 aliphatic carbocycles. The standard InChI is InChI=1S/C11H11N3O4/c1-6(15)12-10(17)8-4-3-5-9(14-8)11(18)13-7(2)16/h3-5H,1-2H3,(H,12,15,17)(H,13,16,18). The van der Waals surface area contributed by atoms with Crippen LogP contribution in [0.1, 0.15) is 34.8 Å². The molecule has 0 saturated heterocycles. The van der Waals surface area contributed by atoms with Crippen molar-refractivity contribution in [1.82, 2.24) is 15.6 Å². The molecule has 0 fully saturated rings. The monoisotopic (exact) mass is 249 g/mol. The summed E-state index contributed by atoms with van der Waals surface area (Å²) in [5, 5.41) is 4.05. The van der Waals surface area contributed by atoms with Gasteiger partial charge in [0.05, 0.1) is 0 Å². The quantitative estimate of drug-likeness (QED) is 0.744. The van der Waals surface area contributed by atoms with Crippen LogP contribution >= 0.6 is 0 Å². The average molecular weight is 249 g/mol. The van der Waals surface area contributed by atoms with Crippen molar-refractivity contribution in [2.75, 3.05) is 0 Å². The maximum atomic E-state index is 11.5. The molecule has 0 aromatic carbocycles. The number of pyridine rings is 1. The van der Waals surface area contributed by atoms with Crippen LogP contribution in [-0.2, 0) is 9.59 Å².